The van der Waals surface area contributed by atoms with Crippen LogP contribution in [0.15, 0.2) is 176 Å². The molecule has 0 fully saturated rings. The van der Waals surface area contributed by atoms with E-state index in [1.165, 1.54) is 0 Å². The monoisotopic (exact) mass is 658 g/mol. The first kappa shape index (κ1) is 33.0. The molecule has 6 aromatic rings. The minimum Gasteiger partial charge on any atom is -0.421 e. The molecule has 0 aromatic heterocycles. The van der Waals surface area contributed by atoms with Crippen molar-refractivity contribution in [2.24, 2.45) is 30.7 Å². The molecule has 0 atom stereocenters. The highest BCUT2D eigenvalue weighted by Crippen LogP contribution is 2.33. The molecule has 10 nitrogen and oxygen atoms in total. The van der Waals surface area contributed by atoms with E-state index in [2.05, 4.69) is 30.7 Å². The van der Waals surface area contributed by atoms with Gasteiger partial charge in [0.25, 0.3) is 0 Å². The van der Waals surface area contributed by atoms with Crippen LogP contribution in [0, 0.1) is 13.8 Å². The molecule has 6 aromatic carbocycles. The summed E-state index contributed by atoms with van der Waals surface area (Å²) in [5, 5.41) is 25.6. The summed E-state index contributed by atoms with van der Waals surface area (Å²) in [5.74, 6) is -0.505. The minimum absolute atomic E-state index is 0.296. The zero-order valence-electron chi connectivity index (χ0n) is 27.2. The van der Waals surface area contributed by atoms with Crippen molar-refractivity contribution in [1.29, 1.82) is 0 Å². The van der Waals surface area contributed by atoms with E-state index in [1.54, 1.807) is 72.8 Å². The largest absolute Gasteiger partial charge is 0.421 e. The third kappa shape index (κ3) is 8.90. The van der Waals surface area contributed by atoms with Crippen molar-refractivity contribution in [2.75, 3.05) is 0 Å². The SMILES string of the molecule is Cc1ccc(OC(=O)c2ccc(N=Nc3ccc(C(=O)Oc4ccc(C)cc4N=Nc4ccccc4)cc3)cc2)c(N=Nc2ccccc2)c1. The van der Waals surface area contributed by atoms with Crippen LogP contribution >= 0.6 is 0 Å². The Morgan fingerprint density at radius 3 is 1.12 bits per heavy atom. The maximum atomic E-state index is 12.9. The standard InChI is InChI=1S/C40H30N6O4/c1-27-13-23-37(35(25-27)45-43-31-9-5-3-6-10-31)49-39(47)29-15-19-33(20-16-29)41-42-34-21-17-30(18-22-34)40(48)50-38-24-14-28(2)26-36(38)46-44-32-11-7-4-8-12-32/h3-26H,1-2H3. The van der Waals surface area contributed by atoms with E-state index in [0.29, 0.717) is 56.8 Å². The number of rotatable bonds is 10. The summed E-state index contributed by atoms with van der Waals surface area (Å²) < 4.78 is 11.3. The summed E-state index contributed by atoms with van der Waals surface area (Å²) in [7, 11) is 0. The van der Waals surface area contributed by atoms with Gasteiger partial charge in [-0.15, -0.1) is 10.2 Å². The molecule has 0 saturated carbocycles. The third-order valence-corrected chi connectivity index (χ3v) is 7.18. The van der Waals surface area contributed by atoms with Crippen molar-refractivity contribution < 1.29 is 19.1 Å². The first-order valence-electron chi connectivity index (χ1n) is 15.6. The lowest BCUT2D eigenvalue weighted by atomic mass is 10.2. The van der Waals surface area contributed by atoms with Gasteiger partial charge in [-0.3, -0.25) is 0 Å². The maximum Gasteiger partial charge on any atom is 0.343 e. The Balaban J connectivity index is 1.07. The second kappa shape index (κ2) is 15.8. The quantitative estimate of drug-likeness (QED) is 0.0824. The van der Waals surface area contributed by atoms with Gasteiger partial charge in [0.05, 0.1) is 33.9 Å². The molecule has 0 heterocycles. The average Bonchev–Trinajstić information content (AvgIpc) is 3.15. The van der Waals surface area contributed by atoms with E-state index in [9.17, 15) is 9.59 Å². The molecule has 0 bridgehead atoms. The minimum atomic E-state index is -0.548. The highest BCUT2D eigenvalue weighted by Gasteiger charge is 2.14. The van der Waals surface area contributed by atoms with E-state index >= 15 is 0 Å². The molecule has 0 N–H and O–H groups in total. The molecule has 0 aliphatic carbocycles. The van der Waals surface area contributed by atoms with Crippen molar-refractivity contribution in [3.05, 3.63) is 168 Å². The van der Waals surface area contributed by atoms with E-state index in [0.717, 1.165) is 11.1 Å². The highest BCUT2D eigenvalue weighted by molar-refractivity contribution is 5.92. The molecule has 244 valence electrons. The summed E-state index contributed by atoms with van der Waals surface area (Å²) in [4.78, 5) is 25.9. The van der Waals surface area contributed by atoms with Gasteiger partial charge in [-0.05, 0) is 122 Å². The Kier molecular flexibility index (Phi) is 10.4. The number of azo groups is 3. The van der Waals surface area contributed by atoms with Gasteiger partial charge in [-0.25, -0.2) is 9.59 Å². The first-order valence-corrected chi connectivity index (χ1v) is 15.6. The van der Waals surface area contributed by atoms with Crippen LogP contribution < -0.4 is 9.47 Å². The van der Waals surface area contributed by atoms with E-state index in [-0.39, 0.29) is 0 Å². The van der Waals surface area contributed by atoms with E-state index in [1.807, 2.05) is 86.6 Å². The maximum absolute atomic E-state index is 12.9. The van der Waals surface area contributed by atoms with Gasteiger partial charge < -0.3 is 9.47 Å². The summed E-state index contributed by atoms with van der Waals surface area (Å²) in [6, 6.07) is 42.3. The molecule has 50 heavy (non-hydrogen) atoms. The number of ether oxygens (including phenoxy) is 2. The second-order valence-electron chi connectivity index (χ2n) is 11.1. The van der Waals surface area contributed by atoms with Crippen molar-refractivity contribution in [1.82, 2.24) is 0 Å². The summed E-state index contributed by atoms with van der Waals surface area (Å²) >= 11 is 0. The van der Waals surface area contributed by atoms with Crippen molar-refractivity contribution in [3.8, 4) is 11.5 Å². The van der Waals surface area contributed by atoms with Crippen molar-refractivity contribution in [2.45, 2.75) is 13.8 Å². The van der Waals surface area contributed by atoms with Gasteiger partial charge in [-0.1, -0.05) is 48.5 Å². The number of esters is 2. The molecular formula is C40H30N6O4. The predicted molar refractivity (Wildman–Crippen MR) is 191 cm³/mol. The first-order chi connectivity index (χ1) is 24.4. The number of benzene rings is 6. The molecule has 10 heteroatoms. The lowest BCUT2D eigenvalue weighted by Crippen LogP contribution is -2.08. The Labute approximate surface area is 288 Å². The summed E-state index contributed by atoms with van der Waals surface area (Å²) in [6.45, 7) is 3.85. The average molecular weight is 659 g/mol. The fourth-order valence-corrected chi connectivity index (χ4v) is 4.56. The molecule has 0 aliphatic heterocycles. The van der Waals surface area contributed by atoms with Crippen LogP contribution in [0.3, 0.4) is 0 Å². The summed E-state index contributed by atoms with van der Waals surface area (Å²) in [6.07, 6.45) is 0. The predicted octanol–water partition coefficient (Wildman–Crippen LogP) is 12.0. The van der Waals surface area contributed by atoms with Crippen LogP contribution in [-0.2, 0) is 0 Å². The smallest absolute Gasteiger partial charge is 0.343 e. The van der Waals surface area contributed by atoms with E-state index in [4.69, 9.17) is 9.47 Å². The van der Waals surface area contributed by atoms with Gasteiger partial charge in [0.2, 0.25) is 0 Å². The van der Waals surface area contributed by atoms with Crippen LogP contribution in [0.25, 0.3) is 0 Å². The number of nitrogens with zero attached hydrogens (tertiary/aromatic N) is 6. The molecule has 6 rings (SSSR count). The highest BCUT2D eigenvalue weighted by atomic mass is 16.5. The molecule has 0 spiro atoms. The molecular weight excluding hydrogens is 628 g/mol. The number of aryl methyl sites for hydroxylation is 2. The van der Waals surface area contributed by atoms with Crippen LogP contribution in [0.5, 0.6) is 11.5 Å². The van der Waals surface area contributed by atoms with Gasteiger partial charge >= 0.3 is 11.9 Å². The normalized spacial score (nSPS) is 11.3. The Bertz CT molecular complexity index is 2040. The lowest BCUT2D eigenvalue weighted by Gasteiger charge is -2.08. The lowest BCUT2D eigenvalue weighted by molar-refractivity contribution is 0.0726. The Hall–Kier alpha value is -6.94. The van der Waals surface area contributed by atoms with E-state index < -0.39 is 11.9 Å². The van der Waals surface area contributed by atoms with Gasteiger partial charge in [-0.2, -0.15) is 20.5 Å². The van der Waals surface area contributed by atoms with Crippen LogP contribution in [0.2, 0.25) is 0 Å². The van der Waals surface area contributed by atoms with Crippen LogP contribution in [0.1, 0.15) is 31.8 Å². The Morgan fingerprint density at radius 1 is 0.400 bits per heavy atom. The van der Waals surface area contributed by atoms with Gasteiger partial charge in [0.1, 0.15) is 11.4 Å². The fourth-order valence-electron chi connectivity index (χ4n) is 4.56. The van der Waals surface area contributed by atoms with Crippen molar-refractivity contribution >= 4 is 46.1 Å². The van der Waals surface area contributed by atoms with Crippen LogP contribution in [-0.4, -0.2) is 11.9 Å². The second-order valence-corrected chi connectivity index (χ2v) is 11.1. The van der Waals surface area contributed by atoms with Gasteiger partial charge in [0.15, 0.2) is 11.5 Å². The summed E-state index contributed by atoms with van der Waals surface area (Å²) in [5.41, 5.74) is 5.87. The fraction of sp³-hybridized carbons (Fsp3) is 0.0500. The zero-order chi connectivity index (χ0) is 34.7. The topological polar surface area (TPSA) is 127 Å². The molecule has 0 aliphatic rings. The molecule has 0 radical (unpaired) electrons. The Morgan fingerprint density at radius 2 is 0.740 bits per heavy atom. The molecule has 0 unspecified atom stereocenters. The number of carbonyl (C=O) groups is 2. The van der Waals surface area contributed by atoms with Gasteiger partial charge in [0, 0.05) is 0 Å². The van der Waals surface area contributed by atoms with Crippen LogP contribution in [0.4, 0.5) is 34.1 Å². The molecule has 0 amide bonds. The zero-order valence-corrected chi connectivity index (χ0v) is 27.2. The molecule has 0 saturated heterocycles. The number of hydrogen-bond acceptors (Lipinski definition) is 10. The third-order valence-electron chi connectivity index (χ3n) is 7.18. The van der Waals surface area contributed by atoms with Crippen molar-refractivity contribution in [3.63, 3.8) is 0 Å². The number of carbonyl (C=O) groups excluding carboxylic acids is 2. The number of hydrogen-bond donors (Lipinski definition) is 0.